The van der Waals surface area contributed by atoms with Crippen molar-refractivity contribution in [2.24, 2.45) is 0 Å². The number of rotatable bonds is 6. The van der Waals surface area contributed by atoms with Crippen molar-refractivity contribution in [1.82, 2.24) is 14.1 Å². The summed E-state index contributed by atoms with van der Waals surface area (Å²) in [6.07, 6.45) is 3.60. The Morgan fingerprint density at radius 2 is 1.85 bits per heavy atom. The third-order valence-corrected chi connectivity index (χ3v) is 4.30. The number of aryl methyl sites for hydroxylation is 1. The van der Waals surface area contributed by atoms with Crippen LogP contribution in [0.1, 0.15) is 12.0 Å². The molecule has 27 heavy (non-hydrogen) atoms. The lowest BCUT2D eigenvalue weighted by atomic mass is 10.2. The van der Waals surface area contributed by atoms with E-state index in [0.29, 0.717) is 23.6 Å². The van der Waals surface area contributed by atoms with Gasteiger partial charge >= 0.3 is 5.76 Å². The molecule has 1 N–H and O–H groups in total. The Balaban J connectivity index is 1.42. The number of nitrogens with one attached hydrogen (secondary N) is 1. The van der Waals surface area contributed by atoms with Crippen LogP contribution in [0.4, 0.5) is 5.95 Å². The van der Waals surface area contributed by atoms with E-state index in [1.165, 1.54) is 4.57 Å². The third kappa shape index (κ3) is 3.67. The van der Waals surface area contributed by atoms with Crippen LogP contribution in [0.2, 0.25) is 0 Å². The van der Waals surface area contributed by atoms with E-state index in [2.05, 4.69) is 10.3 Å². The van der Waals surface area contributed by atoms with Gasteiger partial charge in [-0.2, -0.15) is 0 Å². The highest BCUT2D eigenvalue weighted by molar-refractivity contribution is 5.89. The second-order valence-corrected chi connectivity index (χ2v) is 6.15. The van der Waals surface area contributed by atoms with E-state index >= 15 is 0 Å². The monoisotopic (exact) mass is 362 g/mol. The smallest absolute Gasteiger partial charge is 0.408 e. The highest BCUT2D eigenvalue weighted by atomic mass is 16.4. The van der Waals surface area contributed by atoms with Crippen LogP contribution in [0, 0.1) is 0 Å². The van der Waals surface area contributed by atoms with E-state index in [-0.39, 0.29) is 18.9 Å². The highest BCUT2D eigenvalue weighted by Crippen LogP contribution is 2.13. The molecular weight excluding hydrogens is 344 g/mol. The number of imidazole rings is 1. The molecule has 0 atom stereocenters. The Bertz CT molecular complexity index is 1120. The van der Waals surface area contributed by atoms with Gasteiger partial charge in [0.15, 0.2) is 5.58 Å². The van der Waals surface area contributed by atoms with Crippen LogP contribution in [0.15, 0.2) is 76.2 Å². The summed E-state index contributed by atoms with van der Waals surface area (Å²) >= 11 is 0. The Morgan fingerprint density at radius 3 is 2.70 bits per heavy atom. The number of nitrogens with zero attached hydrogens (tertiary/aromatic N) is 3. The van der Waals surface area contributed by atoms with Crippen LogP contribution in [-0.2, 0) is 17.9 Å². The molecule has 0 aliphatic heterocycles. The topological polar surface area (TPSA) is 82.1 Å². The van der Waals surface area contributed by atoms with E-state index in [9.17, 15) is 9.59 Å². The molecule has 0 aliphatic carbocycles. The van der Waals surface area contributed by atoms with Gasteiger partial charge in [-0.05, 0) is 17.7 Å². The number of anilines is 1. The van der Waals surface area contributed by atoms with Gasteiger partial charge in [0.25, 0.3) is 0 Å². The molecule has 2 aromatic heterocycles. The van der Waals surface area contributed by atoms with Crippen molar-refractivity contribution in [1.29, 1.82) is 0 Å². The van der Waals surface area contributed by atoms with E-state index < -0.39 is 5.76 Å². The molecule has 0 spiro atoms. The van der Waals surface area contributed by atoms with E-state index in [4.69, 9.17) is 4.42 Å². The molecule has 0 aliphatic rings. The van der Waals surface area contributed by atoms with E-state index in [0.717, 1.165) is 5.56 Å². The zero-order valence-electron chi connectivity index (χ0n) is 14.5. The third-order valence-electron chi connectivity index (χ3n) is 4.30. The minimum atomic E-state index is -0.463. The summed E-state index contributed by atoms with van der Waals surface area (Å²) in [6.45, 7) is 0.851. The van der Waals surface area contributed by atoms with Crippen LogP contribution in [0.3, 0.4) is 0 Å². The molecule has 1 amide bonds. The largest absolute Gasteiger partial charge is 0.419 e. The number of para-hydroxylation sites is 2. The number of oxazole rings is 1. The number of carbonyl (C=O) groups excluding carboxylic acids is 1. The Labute approximate surface area is 154 Å². The molecule has 0 unspecified atom stereocenters. The summed E-state index contributed by atoms with van der Waals surface area (Å²) in [7, 11) is 0. The molecule has 0 radical (unpaired) electrons. The van der Waals surface area contributed by atoms with Crippen molar-refractivity contribution in [3.8, 4) is 0 Å². The second-order valence-electron chi connectivity index (χ2n) is 6.15. The molecular formula is C20H18N4O3. The van der Waals surface area contributed by atoms with Gasteiger partial charge in [0.2, 0.25) is 11.9 Å². The summed E-state index contributed by atoms with van der Waals surface area (Å²) in [5.74, 6) is -0.199. The fraction of sp³-hybridized carbons (Fsp3) is 0.150. The molecule has 4 rings (SSSR count). The fourth-order valence-electron chi connectivity index (χ4n) is 2.97. The summed E-state index contributed by atoms with van der Waals surface area (Å²) in [6, 6.07) is 17.1. The molecule has 7 heteroatoms. The van der Waals surface area contributed by atoms with Crippen LogP contribution >= 0.6 is 0 Å². The van der Waals surface area contributed by atoms with E-state index in [1.807, 2.05) is 47.2 Å². The Morgan fingerprint density at radius 1 is 1.07 bits per heavy atom. The first-order chi connectivity index (χ1) is 13.2. The van der Waals surface area contributed by atoms with Gasteiger partial charge in [-0.1, -0.05) is 42.5 Å². The van der Waals surface area contributed by atoms with Crippen molar-refractivity contribution in [2.45, 2.75) is 19.5 Å². The van der Waals surface area contributed by atoms with Crippen LogP contribution in [-0.4, -0.2) is 20.0 Å². The number of aromatic nitrogens is 3. The van der Waals surface area contributed by atoms with Crippen LogP contribution in [0.5, 0.6) is 0 Å². The van der Waals surface area contributed by atoms with Crippen molar-refractivity contribution in [3.05, 3.63) is 83.1 Å². The molecule has 0 bridgehead atoms. The normalized spacial score (nSPS) is 11.0. The predicted octanol–water partition coefficient (Wildman–Crippen LogP) is 2.87. The van der Waals surface area contributed by atoms with Crippen molar-refractivity contribution in [2.75, 3.05) is 5.32 Å². The minimum absolute atomic E-state index is 0.141. The molecule has 0 saturated heterocycles. The first-order valence-corrected chi connectivity index (χ1v) is 8.64. The van der Waals surface area contributed by atoms with Gasteiger partial charge in [-0.25, -0.2) is 9.78 Å². The fourth-order valence-corrected chi connectivity index (χ4v) is 2.97. The van der Waals surface area contributed by atoms with Crippen LogP contribution < -0.4 is 11.1 Å². The first-order valence-electron chi connectivity index (χ1n) is 8.64. The van der Waals surface area contributed by atoms with Gasteiger partial charge in [0.1, 0.15) is 0 Å². The molecule has 0 fully saturated rings. The molecule has 7 nitrogen and oxygen atoms in total. The number of amides is 1. The maximum absolute atomic E-state index is 12.3. The van der Waals surface area contributed by atoms with Crippen molar-refractivity contribution < 1.29 is 9.21 Å². The lowest BCUT2D eigenvalue weighted by Gasteiger charge is -2.09. The SMILES string of the molecule is O=C(CCn1c(=O)oc2ccccc21)Nc1nccn1Cc1ccccc1. The maximum Gasteiger partial charge on any atom is 0.419 e. The zero-order chi connectivity index (χ0) is 18.6. The first kappa shape index (κ1) is 16.8. The van der Waals surface area contributed by atoms with E-state index in [1.54, 1.807) is 24.4 Å². The molecule has 136 valence electrons. The predicted molar refractivity (Wildman–Crippen MR) is 101 cm³/mol. The van der Waals surface area contributed by atoms with Gasteiger partial charge in [0.05, 0.1) is 12.1 Å². The number of fused-ring (bicyclic) bond motifs is 1. The lowest BCUT2D eigenvalue weighted by molar-refractivity contribution is -0.116. The summed E-state index contributed by atoms with van der Waals surface area (Å²) < 4.78 is 8.51. The molecule has 4 aromatic rings. The molecule has 2 aromatic carbocycles. The number of benzene rings is 2. The number of carbonyl (C=O) groups is 1. The average molecular weight is 362 g/mol. The van der Waals surface area contributed by atoms with Gasteiger partial charge in [-0.3, -0.25) is 14.7 Å². The van der Waals surface area contributed by atoms with Crippen molar-refractivity contribution >= 4 is 23.0 Å². The summed E-state index contributed by atoms with van der Waals surface area (Å²) in [5.41, 5.74) is 2.31. The van der Waals surface area contributed by atoms with Gasteiger partial charge < -0.3 is 8.98 Å². The quantitative estimate of drug-likeness (QED) is 0.572. The summed E-state index contributed by atoms with van der Waals surface area (Å²) in [5, 5.41) is 2.81. The van der Waals surface area contributed by atoms with Crippen LogP contribution in [0.25, 0.3) is 11.1 Å². The van der Waals surface area contributed by atoms with Crippen molar-refractivity contribution in [3.63, 3.8) is 0 Å². The van der Waals surface area contributed by atoms with Gasteiger partial charge in [0, 0.05) is 25.4 Å². The zero-order valence-corrected chi connectivity index (χ0v) is 14.5. The lowest BCUT2D eigenvalue weighted by Crippen LogP contribution is -2.21. The highest BCUT2D eigenvalue weighted by Gasteiger charge is 2.12. The maximum atomic E-state index is 12.3. The standard InChI is InChI=1S/C20H18N4O3/c25-18(10-12-24-16-8-4-5-9-17(16)27-20(24)26)22-19-21-11-13-23(19)14-15-6-2-1-3-7-15/h1-9,11,13H,10,12,14H2,(H,21,22,25). The van der Waals surface area contributed by atoms with Gasteiger partial charge in [-0.15, -0.1) is 0 Å². The summed E-state index contributed by atoms with van der Waals surface area (Å²) in [4.78, 5) is 28.5. The average Bonchev–Trinajstić information content (AvgIpc) is 3.24. The Kier molecular flexibility index (Phi) is 4.57. The minimum Gasteiger partial charge on any atom is -0.408 e. The number of hydrogen-bond donors (Lipinski definition) is 1. The molecule has 2 heterocycles. The molecule has 0 saturated carbocycles. The number of hydrogen-bond acceptors (Lipinski definition) is 4. The second kappa shape index (κ2) is 7.33. The Hall–Kier alpha value is -3.61.